The first-order valence-corrected chi connectivity index (χ1v) is 4.78. The van der Waals surface area contributed by atoms with E-state index in [9.17, 15) is 4.79 Å². The number of thioether (sulfide) groups is 1. The van der Waals surface area contributed by atoms with Crippen molar-refractivity contribution in [1.82, 2.24) is 5.32 Å². The number of nitrogens with zero attached hydrogens (tertiary/aromatic N) is 1. The van der Waals surface area contributed by atoms with Gasteiger partial charge < -0.3 is 5.32 Å². The van der Waals surface area contributed by atoms with Gasteiger partial charge in [-0.1, -0.05) is 6.92 Å². The highest BCUT2D eigenvalue weighted by molar-refractivity contribution is 8.15. The van der Waals surface area contributed by atoms with Crippen molar-refractivity contribution in [2.45, 2.75) is 6.92 Å². The van der Waals surface area contributed by atoms with E-state index in [0.717, 1.165) is 5.75 Å². The van der Waals surface area contributed by atoms with Gasteiger partial charge >= 0.3 is 0 Å². The lowest BCUT2D eigenvalue weighted by molar-refractivity contribution is -0.116. The molecule has 1 amide bonds. The molecule has 5 heteroatoms. The van der Waals surface area contributed by atoms with Gasteiger partial charge in [-0.05, 0) is 5.75 Å². The molecule has 0 spiro atoms. The van der Waals surface area contributed by atoms with Crippen molar-refractivity contribution in [2.24, 2.45) is 0 Å². The SMILES string of the molecule is CCS/C(S)=C(\C#N)C(=O)NC. The van der Waals surface area contributed by atoms with Gasteiger partial charge in [-0.2, -0.15) is 5.26 Å². The molecular formula is C7H10N2OS2. The van der Waals surface area contributed by atoms with Crippen LogP contribution in [0.2, 0.25) is 0 Å². The van der Waals surface area contributed by atoms with Crippen molar-refractivity contribution >= 4 is 30.3 Å². The smallest absolute Gasteiger partial charge is 0.263 e. The highest BCUT2D eigenvalue weighted by Crippen LogP contribution is 2.22. The summed E-state index contributed by atoms with van der Waals surface area (Å²) in [6.07, 6.45) is 0. The monoisotopic (exact) mass is 202 g/mol. The van der Waals surface area contributed by atoms with Gasteiger partial charge in [-0.25, -0.2) is 0 Å². The van der Waals surface area contributed by atoms with Gasteiger partial charge in [0.2, 0.25) is 0 Å². The average molecular weight is 202 g/mol. The fraction of sp³-hybridized carbons (Fsp3) is 0.429. The Morgan fingerprint density at radius 2 is 2.33 bits per heavy atom. The summed E-state index contributed by atoms with van der Waals surface area (Å²) in [4.78, 5) is 11.0. The molecule has 0 radical (unpaired) electrons. The number of thiol groups is 1. The Balaban J connectivity index is 4.64. The number of likely N-dealkylation sites (N-methyl/N-ethyl adjacent to an activating group) is 1. The molecule has 12 heavy (non-hydrogen) atoms. The maximum absolute atomic E-state index is 11.0. The third-order valence-electron chi connectivity index (χ3n) is 1.06. The normalized spacial score (nSPS) is 11.5. The second-order valence-corrected chi connectivity index (χ2v) is 3.83. The van der Waals surface area contributed by atoms with Crippen LogP contribution in [0.3, 0.4) is 0 Å². The molecular weight excluding hydrogens is 192 g/mol. The minimum atomic E-state index is -0.386. The molecule has 0 rings (SSSR count). The molecule has 0 aliphatic heterocycles. The van der Waals surface area contributed by atoms with Gasteiger partial charge in [0.05, 0.1) is 4.24 Å². The zero-order valence-corrected chi connectivity index (χ0v) is 8.63. The van der Waals surface area contributed by atoms with E-state index in [1.165, 1.54) is 18.8 Å². The van der Waals surface area contributed by atoms with E-state index in [1.807, 2.05) is 13.0 Å². The van der Waals surface area contributed by atoms with Gasteiger partial charge in [-0.15, -0.1) is 24.4 Å². The molecule has 0 aromatic heterocycles. The molecule has 0 unspecified atom stereocenters. The third kappa shape index (κ3) is 3.20. The molecule has 0 aliphatic carbocycles. The number of hydrogen-bond donors (Lipinski definition) is 2. The molecule has 0 aromatic carbocycles. The second-order valence-electron chi connectivity index (χ2n) is 1.80. The second kappa shape index (κ2) is 5.98. The number of carbonyl (C=O) groups excluding carboxylic acids is 1. The van der Waals surface area contributed by atoms with Crippen LogP contribution in [0.4, 0.5) is 0 Å². The number of nitriles is 1. The molecule has 0 atom stereocenters. The van der Waals surface area contributed by atoms with E-state index < -0.39 is 0 Å². The standard InChI is InChI=1S/C7H10N2OS2/c1-3-12-7(11)5(4-8)6(10)9-2/h11H,3H2,1-2H3,(H,9,10)/b7-5+. The van der Waals surface area contributed by atoms with Gasteiger partial charge in [0.25, 0.3) is 5.91 Å². The van der Waals surface area contributed by atoms with Crippen LogP contribution in [0.1, 0.15) is 6.92 Å². The Morgan fingerprint density at radius 3 is 2.67 bits per heavy atom. The van der Waals surface area contributed by atoms with Crippen LogP contribution < -0.4 is 5.32 Å². The zero-order valence-electron chi connectivity index (χ0n) is 6.92. The summed E-state index contributed by atoms with van der Waals surface area (Å²) in [6, 6.07) is 1.81. The van der Waals surface area contributed by atoms with Crippen molar-refractivity contribution in [3.05, 3.63) is 9.81 Å². The summed E-state index contributed by atoms with van der Waals surface area (Å²) in [6.45, 7) is 1.93. The minimum absolute atomic E-state index is 0.0766. The molecule has 0 bridgehead atoms. The van der Waals surface area contributed by atoms with Gasteiger partial charge in [-0.3, -0.25) is 4.79 Å². The molecule has 66 valence electrons. The molecule has 0 fully saturated rings. The summed E-state index contributed by atoms with van der Waals surface area (Å²) < 4.78 is 0.472. The summed E-state index contributed by atoms with van der Waals surface area (Å²) >= 11 is 5.41. The number of hydrogen-bond acceptors (Lipinski definition) is 4. The Kier molecular flexibility index (Phi) is 5.68. The molecule has 0 heterocycles. The quantitative estimate of drug-likeness (QED) is 0.410. The van der Waals surface area contributed by atoms with Gasteiger partial charge in [0, 0.05) is 7.05 Å². The lowest BCUT2D eigenvalue weighted by Gasteiger charge is -2.00. The summed E-state index contributed by atoms with van der Waals surface area (Å²) in [5.41, 5.74) is 0.0766. The minimum Gasteiger partial charge on any atom is -0.354 e. The van der Waals surface area contributed by atoms with Crippen molar-refractivity contribution in [2.75, 3.05) is 12.8 Å². The zero-order chi connectivity index (χ0) is 9.56. The third-order valence-corrected chi connectivity index (χ3v) is 2.44. The van der Waals surface area contributed by atoms with E-state index in [1.54, 1.807) is 0 Å². The Labute approximate surface area is 81.6 Å². The predicted molar refractivity (Wildman–Crippen MR) is 53.8 cm³/mol. The lowest BCUT2D eigenvalue weighted by Crippen LogP contribution is -2.19. The van der Waals surface area contributed by atoms with E-state index in [0.29, 0.717) is 4.24 Å². The van der Waals surface area contributed by atoms with E-state index in [-0.39, 0.29) is 11.5 Å². The Bertz CT molecular complexity index is 242. The molecule has 0 aliphatic rings. The number of rotatable bonds is 3. The van der Waals surface area contributed by atoms with Gasteiger partial charge in [0.1, 0.15) is 11.6 Å². The summed E-state index contributed by atoms with van der Waals surface area (Å²) in [5, 5.41) is 11.0. The van der Waals surface area contributed by atoms with Crippen molar-refractivity contribution in [3.63, 3.8) is 0 Å². The molecule has 3 nitrogen and oxygen atoms in total. The number of carbonyl (C=O) groups is 1. The largest absolute Gasteiger partial charge is 0.354 e. The maximum atomic E-state index is 11.0. The van der Waals surface area contributed by atoms with Crippen LogP contribution in [0.15, 0.2) is 9.81 Å². The average Bonchev–Trinajstić information content (AvgIpc) is 2.06. The van der Waals surface area contributed by atoms with Crippen molar-refractivity contribution < 1.29 is 4.79 Å². The number of amides is 1. The molecule has 0 saturated carbocycles. The van der Waals surface area contributed by atoms with Crippen LogP contribution in [-0.4, -0.2) is 18.7 Å². The lowest BCUT2D eigenvalue weighted by atomic mass is 10.3. The van der Waals surface area contributed by atoms with Gasteiger partial charge in [0.15, 0.2) is 0 Å². The predicted octanol–water partition coefficient (Wildman–Crippen LogP) is 1.15. The van der Waals surface area contributed by atoms with Crippen LogP contribution in [-0.2, 0) is 4.79 Å². The topological polar surface area (TPSA) is 52.9 Å². The van der Waals surface area contributed by atoms with E-state index in [2.05, 4.69) is 17.9 Å². The van der Waals surface area contributed by atoms with E-state index >= 15 is 0 Å². The highest BCUT2D eigenvalue weighted by atomic mass is 32.2. The van der Waals surface area contributed by atoms with Crippen LogP contribution in [0.5, 0.6) is 0 Å². The summed E-state index contributed by atoms with van der Waals surface area (Å²) in [7, 11) is 1.48. The fourth-order valence-electron chi connectivity index (χ4n) is 0.530. The van der Waals surface area contributed by atoms with Crippen molar-refractivity contribution in [1.29, 1.82) is 5.26 Å². The van der Waals surface area contributed by atoms with Crippen LogP contribution in [0, 0.1) is 11.3 Å². The first-order valence-electron chi connectivity index (χ1n) is 3.35. The summed E-state index contributed by atoms with van der Waals surface area (Å²) in [5.74, 6) is 0.407. The van der Waals surface area contributed by atoms with E-state index in [4.69, 9.17) is 5.26 Å². The van der Waals surface area contributed by atoms with Crippen LogP contribution in [0.25, 0.3) is 0 Å². The fourth-order valence-corrected chi connectivity index (χ4v) is 1.62. The van der Waals surface area contributed by atoms with Crippen molar-refractivity contribution in [3.8, 4) is 6.07 Å². The Hall–Kier alpha value is -0.600. The number of nitrogens with one attached hydrogen (secondary N) is 1. The molecule has 0 saturated heterocycles. The van der Waals surface area contributed by atoms with Crippen LogP contribution >= 0.6 is 24.4 Å². The Morgan fingerprint density at radius 1 is 1.75 bits per heavy atom. The first kappa shape index (κ1) is 11.4. The highest BCUT2D eigenvalue weighted by Gasteiger charge is 2.10. The molecule has 0 aromatic rings. The molecule has 1 N–H and O–H groups in total. The maximum Gasteiger partial charge on any atom is 0.263 e. The first-order chi connectivity index (χ1) is 5.67.